The Balaban J connectivity index is 1.49. The van der Waals surface area contributed by atoms with Crippen LogP contribution in [0.15, 0.2) is 36.5 Å². The summed E-state index contributed by atoms with van der Waals surface area (Å²) in [4.78, 5) is 32.3. The normalized spacial score (nSPS) is 13.6. The van der Waals surface area contributed by atoms with Gasteiger partial charge >= 0.3 is 18.6 Å². The number of aromatic nitrogens is 1. The number of alkyl halides is 2. The van der Waals surface area contributed by atoms with Gasteiger partial charge in [-0.3, -0.25) is 0 Å². The van der Waals surface area contributed by atoms with Crippen molar-refractivity contribution < 1.29 is 32.6 Å². The van der Waals surface area contributed by atoms with Gasteiger partial charge in [0.05, 0.1) is 19.3 Å². The molecule has 0 atom stereocenters. The molecule has 0 radical (unpaired) electrons. The molecule has 1 N–H and O–H groups in total. The number of nitrogens with one attached hydrogen (secondary N) is 1. The first-order chi connectivity index (χ1) is 15.9. The molecule has 1 aromatic carbocycles. The number of carbonyl (C=O) groups excluding carboxylic acids is 2. The number of nitrogens with zero attached hydrogens (tertiary/aromatic N) is 3. The van der Waals surface area contributed by atoms with E-state index in [4.69, 9.17) is 9.47 Å². The maximum Gasteiger partial charge on any atom is 0.387 e. The summed E-state index contributed by atoms with van der Waals surface area (Å²) >= 11 is 0. The van der Waals surface area contributed by atoms with E-state index in [9.17, 15) is 18.4 Å². The van der Waals surface area contributed by atoms with Crippen LogP contribution in [0.5, 0.6) is 11.5 Å². The van der Waals surface area contributed by atoms with Crippen molar-refractivity contribution in [1.29, 1.82) is 0 Å². The second-order valence-corrected chi connectivity index (χ2v) is 7.12. The quantitative estimate of drug-likeness (QED) is 0.601. The van der Waals surface area contributed by atoms with E-state index in [1.807, 2.05) is 4.90 Å². The van der Waals surface area contributed by atoms with Gasteiger partial charge in [0.1, 0.15) is 5.82 Å². The highest BCUT2D eigenvalue weighted by Crippen LogP contribution is 2.29. The summed E-state index contributed by atoms with van der Waals surface area (Å²) in [5, 5.41) is 2.82. The van der Waals surface area contributed by atoms with Gasteiger partial charge in [-0.25, -0.2) is 14.6 Å². The van der Waals surface area contributed by atoms with Crippen molar-refractivity contribution in [2.45, 2.75) is 20.1 Å². The zero-order chi connectivity index (χ0) is 23.8. The third-order valence-corrected chi connectivity index (χ3v) is 5.04. The number of carbonyl (C=O) groups is 2. The summed E-state index contributed by atoms with van der Waals surface area (Å²) in [5.74, 6) is 0.410. The fourth-order valence-electron chi connectivity index (χ4n) is 3.35. The highest BCUT2D eigenvalue weighted by molar-refractivity contribution is 5.89. The fraction of sp³-hybridized carbons (Fsp3) is 0.409. The highest BCUT2D eigenvalue weighted by Gasteiger charge is 2.22. The third kappa shape index (κ3) is 6.43. The molecule has 0 saturated carbocycles. The number of pyridine rings is 1. The summed E-state index contributed by atoms with van der Waals surface area (Å²) in [5.41, 5.74) is 1.08. The van der Waals surface area contributed by atoms with Crippen LogP contribution >= 0.6 is 0 Å². The number of hydrogen-bond acceptors (Lipinski definition) is 7. The Morgan fingerprint density at radius 2 is 1.88 bits per heavy atom. The van der Waals surface area contributed by atoms with Crippen LogP contribution in [0.25, 0.3) is 0 Å². The van der Waals surface area contributed by atoms with Crippen LogP contribution in [0.4, 0.5) is 19.4 Å². The lowest BCUT2D eigenvalue weighted by atomic mass is 10.2. The largest absolute Gasteiger partial charge is 0.493 e. The van der Waals surface area contributed by atoms with Crippen LogP contribution in [-0.4, -0.2) is 68.4 Å². The number of halogens is 2. The van der Waals surface area contributed by atoms with Crippen molar-refractivity contribution >= 4 is 17.8 Å². The second kappa shape index (κ2) is 11.3. The number of hydrogen-bond donors (Lipinski definition) is 1. The molecule has 33 heavy (non-hydrogen) atoms. The molecule has 178 valence electrons. The molecule has 0 unspecified atom stereocenters. The molecule has 0 spiro atoms. The van der Waals surface area contributed by atoms with Crippen LogP contribution in [0.1, 0.15) is 22.8 Å². The molecule has 0 bridgehead atoms. The molecule has 2 heterocycles. The zero-order valence-electron chi connectivity index (χ0n) is 18.4. The van der Waals surface area contributed by atoms with E-state index in [1.54, 1.807) is 36.1 Å². The lowest BCUT2D eigenvalue weighted by Crippen LogP contribution is -2.51. The minimum Gasteiger partial charge on any atom is -0.493 e. The average Bonchev–Trinajstić information content (AvgIpc) is 2.83. The van der Waals surface area contributed by atoms with Crippen molar-refractivity contribution in [1.82, 2.24) is 15.2 Å². The number of ether oxygens (including phenoxy) is 3. The van der Waals surface area contributed by atoms with E-state index in [2.05, 4.69) is 15.0 Å². The summed E-state index contributed by atoms with van der Waals surface area (Å²) in [6.07, 6.45) is 1.48. The van der Waals surface area contributed by atoms with E-state index in [0.717, 1.165) is 5.82 Å². The Hall–Kier alpha value is -3.63. The van der Waals surface area contributed by atoms with E-state index in [-0.39, 0.29) is 24.1 Å². The molecule has 1 aromatic heterocycles. The van der Waals surface area contributed by atoms with Gasteiger partial charge in [-0.05, 0) is 36.8 Å². The van der Waals surface area contributed by atoms with E-state index < -0.39 is 12.6 Å². The number of rotatable bonds is 8. The van der Waals surface area contributed by atoms with Crippen LogP contribution in [-0.2, 0) is 11.3 Å². The number of anilines is 1. The summed E-state index contributed by atoms with van der Waals surface area (Å²) in [7, 11) is 1.36. The number of benzene rings is 1. The molecule has 1 saturated heterocycles. The number of methoxy groups -OCH3 is 1. The standard InChI is InChI=1S/C22H26F2N4O5/c1-3-32-20(29)16-5-7-19(25-14-16)27-8-10-28(11-9-27)22(30)26-13-15-4-6-17(33-21(23)24)18(12-15)31-2/h4-7,12,14,21H,3,8-11,13H2,1-2H3,(H,26,30). The SMILES string of the molecule is CCOC(=O)c1ccc(N2CCN(C(=O)NCc3ccc(OC(F)F)c(OC)c3)CC2)nc1. The Morgan fingerprint density at radius 1 is 1.12 bits per heavy atom. The zero-order valence-corrected chi connectivity index (χ0v) is 18.4. The van der Waals surface area contributed by atoms with Gasteiger partial charge in [0.2, 0.25) is 0 Å². The Bertz CT molecular complexity index is 950. The van der Waals surface area contributed by atoms with Crippen molar-refractivity contribution in [2.24, 2.45) is 0 Å². The van der Waals surface area contributed by atoms with Crippen molar-refractivity contribution in [3.8, 4) is 11.5 Å². The van der Waals surface area contributed by atoms with Crippen molar-refractivity contribution in [2.75, 3.05) is 44.8 Å². The Morgan fingerprint density at radius 3 is 2.48 bits per heavy atom. The van der Waals surface area contributed by atoms with E-state index in [0.29, 0.717) is 43.9 Å². The van der Waals surface area contributed by atoms with E-state index in [1.165, 1.54) is 19.4 Å². The van der Waals surface area contributed by atoms with Gasteiger partial charge in [0.25, 0.3) is 0 Å². The van der Waals surface area contributed by atoms with Crippen LogP contribution in [0, 0.1) is 0 Å². The number of amides is 2. The van der Waals surface area contributed by atoms with Crippen LogP contribution in [0.3, 0.4) is 0 Å². The summed E-state index contributed by atoms with van der Waals surface area (Å²) in [6.45, 7) is 1.48. The lowest BCUT2D eigenvalue weighted by Gasteiger charge is -2.35. The first kappa shape index (κ1) is 24.0. The molecule has 0 aliphatic carbocycles. The molecule has 9 nitrogen and oxygen atoms in total. The first-order valence-electron chi connectivity index (χ1n) is 10.4. The predicted molar refractivity (Wildman–Crippen MR) is 116 cm³/mol. The van der Waals surface area contributed by atoms with Gasteiger partial charge in [-0.15, -0.1) is 0 Å². The Labute approximate surface area is 190 Å². The highest BCUT2D eigenvalue weighted by atomic mass is 19.3. The van der Waals surface area contributed by atoms with Gasteiger partial charge in [0.15, 0.2) is 11.5 Å². The van der Waals surface area contributed by atoms with E-state index >= 15 is 0 Å². The summed E-state index contributed by atoms with van der Waals surface area (Å²) < 4.78 is 39.3. The fourth-order valence-corrected chi connectivity index (χ4v) is 3.35. The topological polar surface area (TPSA) is 93.2 Å². The lowest BCUT2D eigenvalue weighted by molar-refractivity contribution is -0.0512. The molecular weight excluding hydrogens is 438 g/mol. The van der Waals surface area contributed by atoms with Crippen LogP contribution in [0.2, 0.25) is 0 Å². The monoisotopic (exact) mass is 464 g/mol. The molecular formula is C22H26F2N4O5. The van der Waals surface area contributed by atoms with Gasteiger partial charge < -0.3 is 29.3 Å². The summed E-state index contributed by atoms with van der Waals surface area (Å²) in [6, 6.07) is 7.71. The van der Waals surface area contributed by atoms with Gasteiger partial charge in [0, 0.05) is 38.9 Å². The minimum atomic E-state index is -2.95. The maximum atomic E-state index is 12.5. The predicted octanol–water partition coefficient (Wildman–Crippen LogP) is 2.90. The maximum absolute atomic E-state index is 12.5. The number of piperazine rings is 1. The van der Waals surface area contributed by atoms with Crippen molar-refractivity contribution in [3.63, 3.8) is 0 Å². The third-order valence-electron chi connectivity index (χ3n) is 5.04. The first-order valence-corrected chi connectivity index (χ1v) is 10.4. The molecule has 1 fully saturated rings. The minimum absolute atomic E-state index is 0.0670. The van der Waals surface area contributed by atoms with Gasteiger partial charge in [-0.2, -0.15) is 8.78 Å². The number of urea groups is 1. The molecule has 11 heteroatoms. The average molecular weight is 464 g/mol. The molecule has 3 rings (SSSR count). The molecule has 2 aromatic rings. The van der Waals surface area contributed by atoms with Crippen molar-refractivity contribution in [3.05, 3.63) is 47.7 Å². The molecule has 1 aliphatic rings. The smallest absolute Gasteiger partial charge is 0.387 e. The number of esters is 1. The van der Waals surface area contributed by atoms with Crippen LogP contribution < -0.4 is 19.7 Å². The second-order valence-electron chi connectivity index (χ2n) is 7.12. The molecule has 1 aliphatic heterocycles. The van der Waals surface area contributed by atoms with Gasteiger partial charge in [-0.1, -0.05) is 6.07 Å². The Kier molecular flexibility index (Phi) is 8.22. The molecule has 2 amide bonds.